The van der Waals surface area contributed by atoms with E-state index in [-0.39, 0.29) is 0 Å². The molecular weight excluding hydrogens is 156 g/mol. The van der Waals surface area contributed by atoms with Crippen LogP contribution in [0.1, 0.15) is 71.6 Å². The molecule has 0 aromatic carbocycles. The van der Waals surface area contributed by atoms with Crippen LogP contribution >= 0.6 is 0 Å². The van der Waals surface area contributed by atoms with Crippen LogP contribution in [0.3, 0.4) is 0 Å². The quantitative estimate of drug-likeness (QED) is 0.574. The molecule has 0 aromatic rings. The van der Waals surface area contributed by atoms with Crippen molar-refractivity contribution < 1.29 is 0 Å². The van der Waals surface area contributed by atoms with Gasteiger partial charge in [-0.3, -0.25) is 0 Å². The Hall–Kier alpha value is 0. The Morgan fingerprint density at radius 2 is 1.77 bits per heavy atom. The summed E-state index contributed by atoms with van der Waals surface area (Å²) >= 11 is 0. The molecule has 0 amide bonds. The average Bonchev–Trinajstić information content (AvgIpc) is 2.21. The molecule has 1 saturated carbocycles. The van der Waals surface area contributed by atoms with Gasteiger partial charge >= 0.3 is 0 Å². The van der Waals surface area contributed by atoms with E-state index in [1.807, 2.05) is 0 Å². The molecule has 0 aliphatic heterocycles. The molecule has 0 heteroatoms. The van der Waals surface area contributed by atoms with Gasteiger partial charge in [0.05, 0.1) is 0 Å². The zero-order valence-corrected chi connectivity index (χ0v) is 9.52. The summed E-state index contributed by atoms with van der Waals surface area (Å²) in [4.78, 5) is 0. The molecule has 78 valence electrons. The van der Waals surface area contributed by atoms with Gasteiger partial charge in [0.15, 0.2) is 0 Å². The van der Waals surface area contributed by atoms with E-state index in [4.69, 9.17) is 0 Å². The van der Waals surface area contributed by atoms with E-state index < -0.39 is 0 Å². The van der Waals surface area contributed by atoms with Gasteiger partial charge in [-0.1, -0.05) is 71.6 Å². The Morgan fingerprint density at radius 3 is 2.31 bits per heavy atom. The van der Waals surface area contributed by atoms with Gasteiger partial charge < -0.3 is 0 Å². The standard InChI is InChI=1S/C13H26/c1-3-5-9-12(4-2)13-10-7-6-8-11-13/h12-13H,3-11H2,1-2H3. The van der Waals surface area contributed by atoms with Gasteiger partial charge in [0.2, 0.25) is 0 Å². The first-order chi connectivity index (χ1) is 6.38. The van der Waals surface area contributed by atoms with Gasteiger partial charge in [-0.2, -0.15) is 0 Å². The molecule has 0 nitrogen and oxygen atoms in total. The third-order valence-corrected chi connectivity index (χ3v) is 3.77. The summed E-state index contributed by atoms with van der Waals surface area (Å²) in [5.74, 6) is 2.14. The summed E-state index contributed by atoms with van der Waals surface area (Å²) in [6.07, 6.45) is 13.3. The van der Waals surface area contributed by atoms with Crippen LogP contribution in [0.4, 0.5) is 0 Å². The van der Waals surface area contributed by atoms with Crippen LogP contribution in [0.2, 0.25) is 0 Å². The largest absolute Gasteiger partial charge is 0.0654 e. The molecule has 1 atom stereocenters. The SMILES string of the molecule is CCCCC(CC)C1CCCCC1. The molecule has 0 spiro atoms. The fourth-order valence-corrected chi connectivity index (χ4v) is 2.85. The summed E-state index contributed by atoms with van der Waals surface area (Å²) in [6, 6.07) is 0. The maximum Gasteiger partial charge on any atom is -0.0386 e. The van der Waals surface area contributed by atoms with Gasteiger partial charge in [0.25, 0.3) is 0 Å². The molecule has 0 N–H and O–H groups in total. The lowest BCUT2D eigenvalue weighted by Gasteiger charge is -2.29. The monoisotopic (exact) mass is 182 g/mol. The molecule has 1 rings (SSSR count). The highest BCUT2D eigenvalue weighted by Crippen LogP contribution is 2.34. The van der Waals surface area contributed by atoms with Crippen molar-refractivity contribution in [2.75, 3.05) is 0 Å². The van der Waals surface area contributed by atoms with Crippen molar-refractivity contribution in [2.45, 2.75) is 71.6 Å². The Bertz CT molecular complexity index is 111. The van der Waals surface area contributed by atoms with Crippen molar-refractivity contribution in [2.24, 2.45) is 11.8 Å². The molecule has 13 heavy (non-hydrogen) atoms. The topological polar surface area (TPSA) is 0 Å². The minimum atomic E-state index is 1.06. The second kappa shape index (κ2) is 6.45. The van der Waals surface area contributed by atoms with E-state index in [2.05, 4.69) is 13.8 Å². The number of rotatable bonds is 5. The summed E-state index contributed by atoms with van der Waals surface area (Å²) < 4.78 is 0. The first-order valence-corrected chi connectivity index (χ1v) is 6.38. The lowest BCUT2D eigenvalue weighted by atomic mass is 9.77. The molecule has 0 aromatic heterocycles. The van der Waals surface area contributed by atoms with E-state index in [1.54, 1.807) is 0 Å². The summed E-state index contributed by atoms with van der Waals surface area (Å²) in [5, 5.41) is 0. The van der Waals surface area contributed by atoms with Crippen molar-refractivity contribution in [3.05, 3.63) is 0 Å². The first kappa shape index (κ1) is 11.1. The van der Waals surface area contributed by atoms with Crippen molar-refractivity contribution in [3.63, 3.8) is 0 Å². The molecule has 1 aliphatic carbocycles. The lowest BCUT2D eigenvalue weighted by Crippen LogP contribution is -2.17. The second-order valence-electron chi connectivity index (χ2n) is 4.71. The normalized spacial score (nSPS) is 21.7. The molecular formula is C13H26. The van der Waals surface area contributed by atoms with Crippen molar-refractivity contribution in [1.82, 2.24) is 0 Å². The van der Waals surface area contributed by atoms with E-state index >= 15 is 0 Å². The van der Waals surface area contributed by atoms with Crippen molar-refractivity contribution >= 4 is 0 Å². The number of hydrogen-bond donors (Lipinski definition) is 0. The van der Waals surface area contributed by atoms with Crippen LogP contribution in [-0.4, -0.2) is 0 Å². The first-order valence-electron chi connectivity index (χ1n) is 6.38. The maximum absolute atomic E-state index is 2.38. The lowest BCUT2D eigenvalue weighted by molar-refractivity contribution is 0.226. The molecule has 0 saturated heterocycles. The third-order valence-electron chi connectivity index (χ3n) is 3.77. The zero-order chi connectivity index (χ0) is 9.52. The molecule has 1 aliphatic rings. The van der Waals surface area contributed by atoms with Crippen LogP contribution in [0.25, 0.3) is 0 Å². The highest BCUT2D eigenvalue weighted by molar-refractivity contribution is 4.73. The van der Waals surface area contributed by atoms with Crippen LogP contribution < -0.4 is 0 Å². The summed E-state index contributed by atoms with van der Waals surface area (Å²) in [7, 11) is 0. The van der Waals surface area contributed by atoms with Gasteiger partial charge in [0, 0.05) is 0 Å². The predicted molar refractivity (Wildman–Crippen MR) is 59.9 cm³/mol. The van der Waals surface area contributed by atoms with Crippen molar-refractivity contribution in [3.8, 4) is 0 Å². The van der Waals surface area contributed by atoms with Crippen LogP contribution in [0.5, 0.6) is 0 Å². The maximum atomic E-state index is 2.38. The fourth-order valence-electron chi connectivity index (χ4n) is 2.85. The minimum absolute atomic E-state index is 1.06. The van der Waals surface area contributed by atoms with Crippen LogP contribution in [0, 0.1) is 11.8 Å². The zero-order valence-electron chi connectivity index (χ0n) is 9.52. The Kier molecular flexibility index (Phi) is 5.50. The second-order valence-corrected chi connectivity index (χ2v) is 4.71. The Labute approximate surface area is 84.1 Å². The Morgan fingerprint density at radius 1 is 1.08 bits per heavy atom. The molecule has 0 heterocycles. The predicted octanol–water partition coefficient (Wildman–Crippen LogP) is 4.78. The minimum Gasteiger partial charge on any atom is -0.0654 e. The van der Waals surface area contributed by atoms with Crippen LogP contribution in [0.15, 0.2) is 0 Å². The Balaban J connectivity index is 2.26. The molecule has 0 radical (unpaired) electrons. The van der Waals surface area contributed by atoms with Crippen molar-refractivity contribution in [1.29, 1.82) is 0 Å². The van der Waals surface area contributed by atoms with Gasteiger partial charge in [-0.25, -0.2) is 0 Å². The molecule has 0 bridgehead atoms. The van der Waals surface area contributed by atoms with Gasteiger partial charge in [-0.05, 0) is 11.8 Å². The smallest absolute Gasteiger partial charge is 0.0386 e. The van der Waals surface area contributed by atoms with E-state index in [1.165, 1.54) is 57.8 Å². The molecule has 1 unspecified atom stereocenters. The average molecular weight is 182 g/mol. The highest BCUT2D eigenvalue weighted by atomic mass is 14.3. The summed E-state index contributed by atoms with van der Waals surface area (Å²) in [5.41, 5.74) is 0. The number of hydrogen-bond acceptors (Lipinski definition) is 0. The summed E-state index contributed by atoms with van der Waals surface area (Å²) in [6.45, 7) is 4.70. The third kappa shape index (κ3) is 3.70. The van der Waals surface area contributed by atoms with E-state index in [0.29, 0.717) is 0 Å². The fraction of sp³-hybridized carbons (Fsp3) is 1.00. The van der Waals surface area contributed by atoms with E-state index in [0.717, 1.165) is 11.8 Å². The van der Waals surface area contributed by atoms with Gasteiger partial charge in [-0.15, -0.1) is 0 Å². The van der Waals surface area contributed by atoms with Crippen LogP contribution in [-0.2, 0) is 0 Å². The number of unbranched alkanes of at least 4 members (excludes halogenated alkanes) is 1. The molecule has 1 fully saturated rings. The van der Waals surface area contributed by atoms with E-state index in [9.17, 15) is 0 Å². The highest BCUT2D eigenvalue weighted by Gasteiger charge is 2.21. The van der Waals surface area contributed by atoms with Gasteiger partial charge in [0.1, 0.15) is 0 Å².